The van der Waals surface area contributed by atoms with E-state index in [2.05, 4.69) is 15.9 Å². The molecule has 21 heavy (non-hydrogen) atoms. The lowest BCUT2D eigenvalue weighted by Crippen LogP contribution is -2.00. The van der Waals surface area contributed by atoms with Gasteiger partial charge in [0.15, 0.2) is 11.5 Å². The van der Waals surface area contributed by atoms with Crippen molar-refractivity contribution in [2.75, 3.05) is 7.11 Å². The van der Waals surface area contributed by atoms with Crippen LogP contribution in [0.5, 0.6) is 11.5 Å². The van der Waals surface area contributed by atoms with E-state index in [0.717, 1.165) is 11.1 Å². The molecule has 2 aromatic carbocycles. The number of halogens is 2. The molecule has 1 unspecified atom stereocenters. The van der Waals surface area contributed by atoms with Gasteiger partial charge in [-0.15, -0.1) is 0 Å². The predicted molar refractivity (Wildman–Crippen MR) is 82.1 cm³/mol. The van der Waals surface area contributed by atoms with Crippen molar-refractivity contribution in [1.29, 1.82) is 0 Å². The molecule has 0 bridgehead atoms. The van der Waals surface area contributed by atoms with Crippen molar-refractivity contribution < 1.29 is 19.0 Å². The molecule has 5 heteroatoms. The zero-order chi connectivity index (χ0) is 15.4. The van der Waals surface area contributed by atoms with E-state index in [1.165, 1.54) is 6.07 Å². The Morgan fingerprint density at radius 2 is 1.95 bits per heavy atom. The van der Waals surface area contributed by atoms with Gasteiger partial charge in [0.25, 0.3) is 0 Å². The Balaban J connectivity index is 2.13. The van der Waals surface area contributed by atoms with Crippen LogP contribution in [0, 0.1) is 5.82 Å². The maximum atomic E-state index is 13.2. The third-order valence-electron chi connectivity index (χ3n) is 3.05. The van der Waals surface area contributed by atoms with Gasteiger partial charge in [-0.2, -0.15) is 0 Å². The molecule has 0 aromatic heterocycles. The summed E-state index contributed by atoms with van der Waals surface area (Å²) >= 11 is 3.14. The van der Waals surface area contributed by atoms with Gasteiger partial charge in [0.05, 0.1) is 17.7 Å². The van der Waals surface area contributed by atoms with Gasteiger partial charge >= 0.3 is 0 Å². The average Bonchev–Trinajstić information content (AvgIpc) is 2.48. The van der Waals surface area contributed by atoms with Crippen LogP contribution in [0.3, 0.4) is 0 Å². The Kier molecular flexibility index (Phi) is 5.20. The van der Waals surface area contributed by atoms with Gasteiger partial charge in [-0.1, -0.05) is 12.1 Å². The van der Waals surface area contributed by atoms with Crippen LogP contribution in [0.1, 0.15) is 24.2 Å². The highest BCUT2D eigenvalue weighted by Crippen LogP contribution is 2.31. The van der Waals surface area contributed by atoms with Crippen molar-refractivity contribution in [3.8, 4) is 11.5 Å². The van der Waals surface area contributed by atoms with Crippen LogP contribution in [0.2, 0.25) is 0 Å². The van der Waals surface area contributed by atoms with Gasteiger partial charge in [0, 0.05) is 0 Å². The van der Waals surface area contributed by atoms with Crippen LogP contribution >= 0.6 is 15.9 Å². The summed E-state index contributed by atoms with van der Waals surface area (Å²) in [5.74, 6) is 0.814. The molecule has 2 rings (SSSR count). The van der Waals surface area contributed by atoms with Crippen LogP contribution in [0.25, 0.3) is 0 Å². The molecular weight excluding hydrogens is 339 g/mol. The molecule has 0 saturated carbocycles. The summed E-state index contributed by atoms with van der Waals surface area (Å²) in [7, 11) is 1.54. The van der Waals surface area contributed by atoms with E-state index in [4.69, 9.17) is 9.47 Å². The standard InChI is InChI=1S/C16H16BrFO3/c1-10(19)12-4-6-15(16(8-12)20-2)21-9-11-3-5-14(18)13(17)7-11/h3-8,10,19H,9H2,1-2H3. The average molecular weight is 355 g/mol. The number of benzene rings is 2. The highest BCUT2D eigenvalue weighted by atomic mass is 79.9. The molecule has 3 nitrogen and oxygen atoms in total. The van der Waals surface area contributed by atoms with E-state index < -0.39 is 6.10 Å². The molecule has 1 atom stereocenters. The summed E-state index contributed by atoms with van der Waals surface area (Å²) < 4.78 is 24.5. The van der Waals surface area contributed by atoms with Gasteiger partial charge in [-0.25, -0.2) is 4.39 Å². The van der Waals surface area contributed by atoms with Crippen molar-refractivity contribution in [1.82, 2.24) is 0 Å². The maximum absolute atomic E-state index is 13.2. The number of aliphatic hydroxyl groups is 1. The number of rotatable bonds is 5. The van der Waals surface area contributed by atoms with Gasteiger partial charge in [-0.05, 0) is 58.2 Å². The SMILES string of the molecule is COc1cc(C(C)O)ccc1OCc1ccc(F)c(Br)c1. The lowest BCUT2D eigenvalue weighted by molar-refractivity contribution is 0.198. The Hall–Kier alpha value is -1.59. The minimum absolute atomic E-state index is 0.295. The second kappa shape index (κ2) is 6.91. The molecule has 0 radical (unpaired) electrons. The van der Waals surface area contributed by atoms with E-state index in [1.807, 2.05) is 0 Å². The summed E-state index contributed by atoms with van der Waals surface area (Å²) in [4.78, 5) is 0. The normalized spacial score (nSPS) is 12.0. The Morgan fingerprint density at radius 3 is 2.57 bits per heavy atom. The van der Waals surface area contributed by atoms with Gasteiger partial charge in [0.2, 0.25) is 0 Å². The Morgan fingerprint density at radius 1 is 1.19 bits per heavy atom. The third kappa shape index (κ3) is 3.95. The smallest absolute Gasteiger partial charge is 0.161 e. The zero-order valence-corrected chi connectivity index (χ0v) is 13.4. The summed E-state index contributed by atoms with van der Waals surface area (Å²) in [5, 5.41) is 9.56. The van der Waals surface area contributed by atoms with Gasteiger partial charge < -0.3 is 14.6 Å². The maximum Gasteiger partial charge on any atom is 0.161 e. The van der Waals surface area contributed by atoms with Crippen LogP contribution in [-0.2, 0) is 6.61 Å². The van der Waals surface area contributed by atoms with Gasteiger partial charge in [0.1, 0.15) is 12.4 Å². The Bertz CT molecular complexity index is 629. The minimum atomic E-state index is -0.569. The van der Waals surface area contributed by atoms with Crippen LogP contribution in [0.4, 0.5) is 4.39 Å². The molecule has 0 aliphatic carbocycles. The molecule has 0 spiro atoms. The summed E-state index contributed by atoms with van der Waals surface area (Å²) in [6.07, 6.45) is -0.569. The fourth-order valence-corrected chi connectivity index (χ4v) is 2.28. The Labute approximate surface area is 131 Å². The van der Waals surface area contributed by atoms with E-state index in [1.54, 1.807) is 44.4 Å². The highest BCUT2D eigenvalue weighted by Gasteiger charge is 2.09. The second-order valence-corrected chi connectivity index (χ2v) is 5.48. The van der Waals surface area contributed by atoms with Crippen molar-refractivity contribution in [3.05, 3.63) is 57.8 Å². The molecular formula is C16H16BrFO3. The van der Waals surface area contributed by atoms with E-state index >= 15 is 0 Å². The molecule has 0 aliphatic heterocycles. The molecule has 0 amide bonds. The van der Waals surface area contributed by atoms with Crippen molar-refractivity contribution >= 4 is 15.9 Å². The highest BCUT2D eigenvalue weighted by molar-refractivity contribution is 9.10. The molecule has 0 fully saturated rings. The number of methoxy groups -OCH3 is 1. The first-order chi connectivity index (χ1) is 10.0. The largest absolute Gasteiger partial charge is 0.493 e. The van der Waals surface area contributed by atoms with Crippen molar-refractivity contribution in [2.45, 2.75) is 19.6 Å². The monoisotopic (exact) mass is 354 g/mol. The summed E-state index contributed by atoms with van der Waals surface area (Å²) in [5.41, 5.74) is 1.59. The van der Waals surface area contributed by atoms with E-state index in [0.29, 0.717) is 22.6 Å². The van der Waals surface area contributed by atoms with Crippen LogP contribution in [-0.4, -0.2) is 12.2 Å². The van der Waals surface area contributed by atoms with Crippen LogP contribution < -0.4 is 9.47 Å². The molecule has 0 heterocycles. The fourth-order valence-electron chi connectivity index (χ4n) is 1.85. The molecule has 112 valence electrons. The first-order valence-electron chi connectivity index (χ1n) is 6.44. The van der Waals surface area contributed by atoms with Crippen molar-refractivity contribution in [2.24, 2.45) is 0 Å². The summed E-state index contributed by atoms with van der Waals surface area (Å²) in [6.45, 7) is 1.98. The topological polar surface area (TPSA) is 38.7 Å². The first-order valence-corrected chi connectivity index (χ1v) is 7.23. The van der Waals surface area contributed by atoms with Crippen LogP contribution in [0.15, 0.2) is 40.9 Å². The van der Waals surface area contributed by atoms with Gasteiger partial charge in [-0.3, -0.25) is 0 Å². The zero-order valence-electron chi connectivity index (χ0n) is 11.8. The minimum Gasteiger partial charge on any atom is -0.493 e. The van der Waals surface area contributed by atoms with E-state index in [9.17, 15) is 9.50 Å². The molecule has 0 aliphatic rings. The van der Waals surface area contributed by atoms with Crippen molar-refractivity contribution in [3.63, 3.8) is 0 Å². The third-order valence-corrected chi connectivity index (χ3v) is 3.66. The number of ether oxygens (including phenoxy) is 2. The molecule has 2 aromatic rings. The number of hydrogen-bond donors (Lipinski definition) is 1. The lowest BCUT2D eigenvalue weighted by Gasteiger charge is -2.13. The fraction of sp³-hybridized carbons (Fsp3) is 0.250. The number of aliphatic hydroxyl groups excluding tert-OH is 1. The molecule has 0 saturated heterocycles. The quantitative estimate of drug-likeness (QED) is 0.873. The second-order valence-electron chi connectivity index (χ2n) is 4.62. The predicted octanol–water partition coefficient (Wildman–Crippen LogP) is 4.23. The lowest BCUT2D eigenvalue weighted by atomic mass is 10.1. The number of hydrogen-bond acceptors (Lipinski definition) is 3. The first kappa shape index (κ1) is 15.8. The molecule has 1 N–H and O–H groups in total. The van der Waals surface area contributed by atoms with E-state index in [-0.39, 0.29) is 5.82 Å². The summed E-state index contributed by atoms with van der Waals surface area (Å²) in [6, 6.07) is 9.99.